The second-order valence-electron chi connectivity index (χ2n) is 3.72. The Balaban J connectivity index is 2.50. The van der Waals surface area contributed by atoms with Crippen molar-refractivity contribution < 1.29 is 5.11 Å². The lowest BCUT2D eigenvalue weighted by molar-refractivity contribution is 0.277. The number of rotatable bonds is 2. The average Bonchev–Trinajstić information content (AvgIpc) is 2.59. The van der Waals surface area contributed by atoms with Crippen LogP contribution in [-0.4, -0.2) is 10.1 Å². The summed E-state index contributed by atoms with van der Waals surface area (Å²) in [6, 6.07) is 6.30. The molecule has 0 aliphatic carbocycles. The molecular formula is C12H12BrNOS. The van der Waals surface area contributed by atoms with Crippen LogP contribution < -0.4 is 0 Å². The summed E-state index contributed by atoms with van der Waals surface area (Å²) in [6.07, 6.45) is 0. The molecule has 0 amide bonds. The van der Waals surface area contributed by atoms with Crippen molar-refractivity contribution >= 4 is 27.3 Å². The summed E-state index contributed by atoms with van der Waals surface area (Å²) in [6.45, 7) is 4.13. The number of hydrogen-bond donors (Lipinski definition) is 1. The smallest absolute Gasteiger partial charge is 0.125 e. The van der Waals surface area contributed by atoms with Crippen LogP contribution in [0.25, 0.3) is 10.6 Å². The lowest BCUT2D eigenvalue weighted by Gasteiger charge is -2.02. The molecule has 2 aromatic rings. The van der Waals surface area contributed by atoms with E-state index in [-0.39, 0.29) is 6.61 Å². The normalized spacial score (nSPS) is 10.8. The first-order valence-corrected chi connectivity index (χ1v) is 6.56. The zero-order valence-electron chi connectivity index (χ0n) is 9.12. The summed E-state index contributed by atoms with van der Waals surface area (Å²) in [7, 11) is 0. The van der Waals surface area contributed by atoms with Gasteiger partial charge in [0.25, 0.3) is 0 Å². The molecule has 0 unspecified atom stereocenters. The van der Waals surface area contributed by atoms with Crippen LogP contribution in [0, 0.1) is 13.8 Å². The summed E-state index contributed by atoms with van der Waals surface area (Å²) < 4.78 is 0.907. The Morgan fingerprint density at radius 1 is 1.38 bits per heavy atom. The second-order valence-corrected chi connectivity index (χ2v) is 6.03. The van der Waals surface area contributed by atoms with Crippen LogP contribution in [-0.2, 0) is 6.61 Å². The van der Waals surface area contributed by atoms with Gasteiger partial charge in [-0.1, -0.05) is 23.8 Å². The zero-order valence-corrected chi connectivity index (χ0v) is 11.5. The highest BCUT2D eigenvalue weighted by molar-refractivity contribution is 9.11. The van der Waals surface area contributed by atoms with Crippen LogP contribution in [0.3, 0.4) is 0 Å². The zero-order chi connectivity index (χ0) is 11.7. The van der Waals surface area contributed by atoms with Gasteiger partial charge in [-0.15, -0.1) is 11.3 Å². The van der Waals surface area contributed by atoms with Gasteiger partial charge >= 0.3 is 0 Å². The van der Waals surface area contributed by atoms with Gasteiger partial charge in [0.1, 0.15) is 5.01 Å². The molecule has 16 heavy (non-hydrogen) atoms. The molecule has 0 atom stereocenters. The molecule has 84 valence electrons. The van der Waals surface area contributed by atoms with Crippen LogP contribution in [0.2, 0.25) is 0 Å². The molecule has 2 rings (SSSR count). The quantitative estimate of drug-likeness (QED) is 0.917. The van der Waals surface area contributed by atoms with Gasteiger partial charge < -0.3 is 5.11 Å². The van der Waals surface area contributed by atoms with Gasteiger partial charge in [0.2, 0.25) is 0 Å². The number of benzene rings is 1. The van der Waals surface area contributed by atoms with E-state index in [1.165, 1.54) is 11.1 Å². The number of aliphatic hydroxyl groups excluding tert-OH is 1. The minimum absolute atomic E-state index is 0.0258. The summed E-state index contributed by atoms with van der Waals surface area (Å²) >= 11 is 4.97. The van der Waals surface area contributed by atoms with E-state index in [4.69, 9.17) is 5.11 Å². The van der Waals surface area contributed by atoms with Crippen LogP contribution in [0.15, 0.2) is 22.0 Å². The maximum absolute atomic E-state index is 9.11. The third-order valence-electron chi connectivity index (χ3n) is 2.41. The van der Waals surface area contributed by atoms with E-state index >= 15 is 0 Å². The fourth-order valence-corrected chi connectivity index (χ4v) is 3.17. The molecule has 0 aliphatic heterocycles. The molecule has 2 nitrogen and oxygen atoms in total. The SMILES string of the molecule is Cc1ccc(-c2nc(CO)c(Br)s2)c(C)c1. The van der Waals surface area contributed by atoms with Crippen molar-refractivity contribution in [2.45, 2.75) is 20.5 Å². The van der Waals surface area contributed by atoms with Crippen LogP contribution >= 0.6 is 27.3 Å². The molecular weight excluding hydrogens is 286 g/mol. The third kappa shape index (κ3) is 2.19. The predicted octanol–water partition coefficient (Wildman–Crippen LogP) is 3.68. The van der Waals surface area contributed by atoms with Gasteiger partial charge in [-0.25, -0.2) is 4.98 Å². The molecule has 1 heterocycles. The van der Waals surface area contributed by atoms with Crippen molar-refractivity contribution in [3.8, 4) is 10.6 Å². The highest BCUT2D eigenvalue weighted by Gasteiger charge is 2.11. The Labute approximate surface area is 107 Å². The Kier molecular flexibility index (Phi) is 3.42. The van der Waals surface area contributed by atoms with Gasteiger partial charge in [-0.2, -0.15) is 0 Å². The van der Waals surface area contributed by atoms with E-state index in [9.17, 15) is 0 Å². The molecule has 0 aliphatic rings. The van der Waals surface area contributed by atoms with Crippen molar-refractivity contribution in [1.82, 2.24) is 4.98 Å². The molecule has 0 bridgehead atoms. The summed E-state index contributed by atoms with van der Waals surface area (Å²) in [4.78, 5) is 4.41. The van der Waals surface area contributed by atoms with E-state index in [0.717, 1.165) is 14.4 Å². The highest BCUT2D eigenvalue weighted by Crippen LogP contribution is 2.33. The lowest BCUT2D eigenvalue weighted by Crippen LogP contribution is -1.86. The number of thiazole rings is 1. The van der Waals surface area contributed by atoms with Crippen molar-refractivity contribution in [1.29, 1.82) is 0 Å². The minimum Gasteiger partial charge on any atom is -0.390 e. The van der Waals surface area contributed by atoms with Gasteiger partial charge in [0.05, 0.1) is 16.1 Å². The predicted molar refractivity (Wildman–Crippen MR) is 70.6 cm³/mol. The van der Waals surface area contributed by atoms with Crippen molar-refractivity contribution in [2.75, 3.05) is 0 Å². The minimum atomic E-state index is -0.0258. The first-order valence-electron chi connectivity index (χ1n) is 4.95. The van der Waals surface area contributed by atoms with E-state index in [1.807, 2.05) is 0 Å². The maximum atomic E-state index is 9.11. The average molecular weight is 298 g/mol. The fraction of sp³-hybridized carbons (Fsp3) is 0.250. The second kappa shape index (κ2) is 4.65. The van der Waals surface area contributed by atoms with Gasteiger partial charge in [0.15, 0.2) is 0 Å². The van der Waals surface area contributed by atoms with Crippen LogP contribution in [0.4, 0.5) is 0 Å². The van der Waals surface area contributed by atoms with Gasteiger partial charge in [-0.3, -0.25) is 0 Å². The third-order valence-corrected chi connectivity index (χ3v) is 4.27. The first kappa shape index (κ1) is 11.8. The molecule has 4 heteroatoms. The summed E-state index contributed by atoms with van der Waals surface area (Å²) in [5.74, 6) is 0. The van der Waals surface area contributed by atoms with Crippen LogP contribution in [0.1, 0.15) is 16.8 Å². The van der Waals surface area contributed by atoms with Crippen LogP contribution in [0.5, 0.6) is 0 Å². The van der Waals surface area contributed by atoms with Gasteiger partial charge in [0, 0.05) is 5.56 Å². The molecule has 0 saturated heterocycles. The van der Waals surface area contributed by atoms with Crippen molar-refractivity contribution in [3.63, 3.8) is 0 Å². The molecule has 0 spiro atoms. The molecule has 1 aromatic heterocycles. The molecule has 0 saturated carbocycles. The molecule has 0 radical (unpaired) electrons. The van der Waals surface area contributed by atoms with Gasteiger partial charge in [-0.05, 0) is 35.3 Å². The molecule has 1 N–H and O–H groups in total. The lowest BCUT2D eigenvalue weighted by atomic mass is 10.1. The largest absolute Gasteiger partial charge is 0.390 e. The summed E-state index contributed by atoms with van der Waals surface area (Å²) in [5.41, 5.74) is 4.31. The molecule has 0 fully saturated rings. The van der Waals surface area contributed by atoms with Crippen molar-refractivity contribution in [3.05, 3.63) is 38.8 Å². The number of nitrogens with zero attached hydrogens (tertiary/aromatic N) is 1. The van der Waals surface area contributed by atoms with E-state index < -0.39 is 0 Å². The Bertz CT molecular complexity index is 522. The Hall–Kier alpha value is -0.710. The van der Waals surface area contributed by atoms with E-state index in [1.54, 1.807) is 11.3 Å². The number of aliphatic hydroxyl groups is 1. The number of hydrogen-bond acceptors (Lipinski definition) is 3. The standard InChI is InChI=1S/C12H12BrNOS/c1-7-3-4-9(8(2)5-7)12-14-10(6-15)11(13)16-12/h3-5,15H,6H2,1-2H3. The Morgan fingerprint density at radius 2 is 2.12 bits per heavy atom. The van der Waals surface area contributed by atoms with Crippen molar-refractivity contribution in [2.24, 2.45) is 0 Å². The number of aromatic nitrogens is 1. The topological polar surface area (TPSA) is 33.1 Å². The fourth-order valence-electron chi connectivity index (χ4n) is 1.60. The number of aryl methyl sites for hydroxylation is 2. The maximum Gasteiger partial charge on any atom is 0.125 e. The first-order chi connectivity index (χ1) is 7.61. The monoisotopic (exact) mass is 297 g/mol. The van der Waals surface area contributed by atoms with E-state index in [2.05, 4.69) is 53.0 Å². The molecule has 1 aromatic carbocycles. The Morgan fingerprint density at radius 3 is 2.69 bits per heavy atom. The summed E-state index contributed by atoms with van der Waals surface area (Å²) in [5, 5.41) is 10.1. The van der Waals surface area contributed by atoms with E-state index in [0.29, 0.717) is 5.69 Å². The highest BCUT2D eigenvalue weighted by atomic mass is 79.9. The number of halogens is 1.